The van der Waals surface area contributed by atoms with E-state index in [0.29, 0.717) is 64.3 Å². The number of rotatable bonds is 16. The second-order valence-corrected chi connectivity index (χ2v) is 31.6. The van der Waals surface area contributed by atoms with Crippen molar-refractivity contribution < 1.29 is 109 Å². The van der Waals surface area contributed by atoms with Gasteiger partial charge in [0, 0.05) is 129 Å². The van der Waals surface area contributed by atoms with Crippen LogP contribution in [0.4, 0.5) is 17.6 Å². The molecule has 8 N–H and O–H groups in total. The number of phenols is 4. The van der Waals surface area contributed by atoms with E-state index in [1.54, 1.807) is 93.1 Å². The maximum atomic E-state index is 13.3. The number of ketones is 1. The number of aromatic nitrogens is 4. The number of carboxylic acid groups (broad SMARTS) is 2. The minimum absolute atomic E-state index is 0.00814. The van der Waals surface area contributed by atoms with Crippen molar-refractivity contribution in [2.24, 2.45) is 0 Å². The van der Waals surface area contributed by atoms with Crippen LogP contribution in [-0.2, 0) is 76.2 Å². The molecule has 6 amide bonds. The molecule has 8 heterocycles. The average Bonchev–Trinajstić information content (AvgIpc) is 1.66. The summed E-state index contributed by atoms with van der Waals surface area (Å²) in [6.07, 6.45) is 8.49. The Balaban J connectivity index is 0.000000139. The molecule has 12 aromatic rings. The van der Waals surface area contributed by atoms with Gasteiger partial charge in [0.15, 0.2) is 23.0 Å². The van der Waals surface area contributed by atoms with E-state index < -0.39 is 68.8 Å². The van der Waals surface area contributed by atoms with Gasteiger partial charge in [-0.05, 0) is 157 Å². The Morgan fingerprint density at radius 1 is 0.421 bits per heavy atom. The maximum Gasteiger partial charge on any atom is 0.377 e. The van der Waals surface area contributed by atoms with Crippen LogP contribution in [0, 0.1) is 23.3 Å². The van der Waals surface area contributed by atoms with Crippen LogP contribution in [0.1, 0.15) is 163 Å². The first-order valence-corrected chi connectivity index (χ1v) is 38.7. The van der Waals surface area contributed by atoms with E-state index in [1.165, 1.54) is 122 Å². The quantitative estimate of drug-likeness (QED) is 0.0193. The predicted molar refractivity (Wildman–Crippen MR) is 428 cm³/mol. The molecular formula is C87H72F4N10O19S. The van der Waals surface area contributed by atoms with E-state index in [0.717, 1.165) is 34.1 Å². The Labute approximate surface area is 684 Å². The maximum absolute atomic E-state index is 13.3. The average molecular weight is 1670 g/mol. The number of phenolic OH excluding ortho intramolecular Hbond substituents is 4. The molecule has 0 aliphatic carbocycles. The monoisotopic (exact) mass is 1670 g/mol. The van der Waals surface area contributed by atoms with Crippen LogP contribution in [0.2, 0.25) is 0 Å². The zero-order valence-electron chi connectivity index (χ0n) is 65.5. The standard InChI is InChI=1S/C24H22FN3O5.C21H18FN3O5S.C21H15FN2O5.C21H17FN2O4/c1-24(2,23(32)33)27-21(30)17-15-9-13(8-12-4-6-14(25)7-5-12)10-26-19(15)20(29)18-16(17)11-28(3)22(18)31;1-25-10-15-16(20(27)24-31(2,29)30)14-8-12(7-11-3-5-13(22)6-4-11)9-23-18(14)19(26)17(15)21(25)28;1-24-9-14-15(19(26)21(28)29)13-7-11(6-10-2-4-12(22)5-3-10)8-23-17(13)18(25)16(14)20(24)27;1-24-10-15-16(21(27)28-2)14-8-12(7-11-3-5-13(22)6-4-11)9-23-18(14)19(25)17(15)20(24)26/h4-7,9-10,29H,8,11H2,1-3H3,(H,27,30)(H,32,33);3-6,8-9,26H,7,10H2,1-2H3,(H,24,27);2-5,7-8,25H,6,9H2,1H3,(H,28,29);3-6,8-9,25H,7,10H2,1-2H3. The van der Waals surface area contributed by atoms with Gasteiger partial charge >= 0.3 is 17.9 Å². The second-order valence-electron chi connectivity index (χ2n) is 29.8. The number of benzene rings is 8. The highest BCUT2D eigenvalue weighted by atomic mass is 32.2. The first kappa shape index (κ1) is 84.1. The lowest BCUT2D eigenvalue weighted by atomic mass is 9.92. The lowest BCUT2D eigenvalue weighted by molar-refractivity contribution is -0.143. The van der Waals surface area contributed by atoms with Gasteiger partial charge in [-0.1, -0.05) is 48.5 Å². The van der Waals surface area contributed by atoms with Gasteiger partial charge in [0.25, 0.3) is 41.2 Å². The van der Waals surface area contributed by atoms with Crippen molar-refractivity contribution in [3.05, 3.63) is 281 Å². The van der Waals surface area contributed by atoms with Crippen LogP contribution in [0.15, 0.2) is 146 Å². The number of esters is 1. The molecule has 8 aromatic carbocycles. The molecule has 4 aliphatic rings. The number of aromatic hydroxyl groups is 4. The summed E-state index contributed by atoms with van der Waals surface area (Å²) in [5.41, 5.74) is 5.96. The largest absolute Gasteiger partial charge is 0.505 e. The number of halogens is 4. The Hall–Kier alpha value is -14.8. The van der Waals surface area contributed by atoms with Crippen molar-refractivity contribution in [1.29, 1.82) is 0 Å². The summed E-state index contributed by atoms with van der Waals surface area (Å²) in [6, 6.07) is 30.4. The molecule has 0 radical (unpaired) electrons. The number of nitrogens with zero attached hydrogens (tertiary/aromatic N) is 8. The van der Waals surface area contributed by atoms with Crippen molar-refractivity contribution in [3.63, 3.8) is 0 Å². The van der Waals surface area contributed by atoms with E-state index >= 15 is 0 Å². The SMILES string of the molecule is CN1Cc2c(c(O)c3ncc(Cc4ccc(F)cc4)cc3c2C(=O)C(=O)O)C1=O.CN1Cc2c(c(O)c3ncc(Cc4ccc(F)cc4)cc3c2C(=O)NC(C)(C)C(=O)O)C1=O.CN1Cc2c(c(O)c3ncc(Cc4ccc(F)cc4)cc3c2C(=O)NS(C)(=O)=O)C1=O.COC(=O)c1c2c(c(O)c3ncc(Cc4ccc(F)cc4)cc13)C(=O)N(C)C2. The summed E-state index contributed by atoms with van der Waals surface area (Å²) in [4.78, 5) is 147. The topological polar surface area (TPSA) is 424 Å². The summed E-state index contributed by atoms with van der Waals surface area (Å²) < 4.78 is 82.9. The predicted octanol–water partition coefficient (Wildman–Crippen LogP) is 10.4. The zero-order chi connectivity index (χ0) is 87.4. The minimum Gasteiger partial charge on any atom is -0.505 e. The van der Waals surface area contributed by atoms with E-state index in [1.807, 2.05) is 4.72 Å². The van der Waals surface area contributed by atoms with Crippen molar-refractivity contribution in [2.75, 3.05) is 41.6 Å². The first-order chi connectivity index (χ1) is 57.2. The lowest BCUT2D eigenvalue weighted by Crippen LogP contribution is -2.49. The molecule has 0 spiro atoms. The molecule has 0 saturated carbocycles. The molecule has 34 heteroatoms. The number of amides is 6. The van der Waals surface area contributed by atoms with Crippen LogP contribution in [-0.4, -0.2) is 185 Å². The summed E-state index contributed by atoms with van der Waals surface area (Å²) >= 11 is 0. The normalized spacial score (nSPS) is 13.3. The van der Waals surface area contributed by atoms with E-state index in [-0.39, 0.29) is 167 Å². The highest BCUT2D eigenvalue weighted by Crippen LogP contribution is 2.45. The van der Waals surface area contributed by atoms with Gasteiger partial charge in [-0.15, -0.1) is 0 Å². The summed E-state index contributed by atoms with van der Waals surface area (Å²) in [5.74, 6) is -10.7. The Kier molecular flexibility index (Phi) is 22.9. The molecule has 0 saturated heterocycles. The van der Waals surface area contributed by atoms with Crippen LogP contribution in [0.5, 0.6) is 23.0 Å². The number of pyridine rings is 4. The van der Waals surface area contributed by atoms with Gasteiger partial charge in [-0.25, -0.2) is 45.1 Å². The number of hydrogen-bond donors (Lipinski definition) is 8. The highest BCUT2D eigenvalue weighted by Gasteiger charge is 2.42. The third kappa shape index (κ3) is 16.7. The van der Waals surface area contributed by atoms with Crippen molar-refractivity contribution in [3.8, 4) is 23.0 Å². The summed E-state index contributed by atoms with van der Waals surface area (Å²) in [6.45, 7) is 3.03. The molecule has 0 fully saturated rings. The number of carbonyl (C=O) groups is 10. The third-order valence-electron chi connectivity index (χ3n) is 20.7. The second kappa shape index (κ2) is 32.9. The molecule has 618 valence electrons. The van der Waals surface area contributed by atoms with Gasteiger partial charge < -0.3 is 60.3 Å². The summed E-state index contributed by atoms with van der Waals surface area (Å²) in [7, 11) is 3.54. The number of methoxy groups -OCH3 is 1. The van der Waals surface area contributed by atoms with Crippen molar-refractivity contribution in [1.82, 2.24) is 49.6 Å². The smallest absolute Gasteiger partial charge is 0.377 e. The molecule has 4 aromatic heterocycles. The Bertz CT molecular complexity index is 6580. The molecule has 16 rings (SSSR count). The van der Waals surface area contributed by atoms with Crippen LogP contribution in [0.25, 0.3) is 43.6 Å². The number of hydrogen-bond acceptors (Lipinski definition) is 21. The van der Waals surface area contributed by atoms with Gasteiger partial charge in [0.2, 0.25) is 10.0 Å². The first-order valence-electron chi connectivity index (χ1n) is 36.8. The van der Waals surface area contributed by atoms with E-state index in [2.05, 4.69) is 25.3 Å². The number of ether oxygens (including phenoxy) is 1. The van der Waals surface area contributed by atoms with Gasteiger partial charge in [-0.3, -0.25) is 53.5 Å². The van der Waals surface area contributed by atoms with Crippen LogP contribution >= 0.6 is 0 Å². The molecule has 0 bridgehead atoms. The Morgan fingerprint density at radius 3 is 0.942 bits per heavy atom. The molecule has 4 aliphatic heterocycles. The third-order valence-corrected chi connectivity index (χ3v) is 21.3. The number of carboxylic acids is 2. The number of fused-ring (bicyclic) bond motifs is 8. The van der Waals surface area contributed by atoms with E-state index in [4.69, 9.17) is 4.74 Å². The fourth-order valence-electron chi connectivity index (χ4n) is 14.9. The van der Waals surface area contributed by atoms with Gasteiger partial charge in [0.05, 0.1) is 52.3 Å². The molecular weight excluding hydrogens is 1600 g/mol. The van der Waals surface area contributed by atoms with Crippen molar-refractivity contribution in [2.45, 2.75) is 71.2 Å². The molecule has 29 nitrogen and oxygen atoms in total. The van der Waals surface area contributed by atoms with Crippen LogP contribution in [0.3, 0.4) is 0 Å². The molecule has 0 unspecified atom stereocenters. The number of sulfonamides is 1. The molecule has 0 atom stereocenters. The number of nitrogens with one attached hydrogen (secondary N) is 2. The summed E-state index contributed by atoms with van der Waals surface area (Å²) in [5, 5.41) is 65.1. The van der Waals surface area contributed by atoms with Crippen molar-refractivity contribution >= 4 is 113 Å². The van der Waals surface area contributed by atoms with Crippen LogP contribution < -0.4 is 10.0 Å². The fourth-order valence-corrected chi connectivity index (χ4v) is 15.3. The number of Topliss-reactive ketones (excluding diaryl/α,β-unsaturated/α-hetero) is 1. The van der Waals surface area contributed by atoms with Gasteiger partial charge in [-0.2, -0.15) is 0 Å². The van der Waals surface area contributed by atoms with E-state index in [9.17, 15) is 105 Å². The lowest BCUT2D eigenvalue weighted by Gasteiger charge is -2.22. The van der Waals surface area contributed by atoms with Gasteiger partial charge in [0.1, 0.15) is 50.9 Å². The Morgan fingerprint density at radius 2 is 0.678 bits per heavy atom. The minimum atomic E-state index is -3.87. The highest BCUT2D eigenvalue weighted by molar-refractivity contribution is 7.89. The molecule has 121 heavy (non-hydrogen) atoms. The fraction of sp³-hybridized carbons (Fsp3) is 0.195. The zero-order valence-corrected chi connectivity index (χ0v) is 66.3. The number of carbonyl (C=O) groups excluding carboxylic acids is 8. The number of aliphatic carboxylic acids is 2.